The van der Waals surface area contributed by atoms with Gasteiger partial charge in [0.05, 0.1) is 22.3 Å². The van der Waals surface area contributed by atoms with Gasteiger partial charge in [0.15, 0.2) is 11.0 Å². The van der Waals surface area contributed by atoms with Crippen LogP contribution in [0.5, 0.6) is 0 Å². The number of nitrogens with zero attached hydrogens (tertiary/aromatic N) is 3. The zero-order chi connectivity index (χ0) is 24.0. The van der Waals surface area contributed by atoms with Crippen LogP contribution in [0.3, 0.4) is 0 Å². The number of amides is 2. The highest BCUT2D eigenvalue weighted by atomic mass is 35.5. The van der Waals surface area contributed by atoms with Crippen LogP contribution in [-0.4, -0.2) is 32.3 Å². The minimum atomic E-state index is -0.325. The molecule has 0 saturated heterocycles. The molecule has 11 heteroatoms. The molecule has 0 aliphatic heterocycles. The van der Waals surface area contributed by atoms with Gasteiger partial charge in [-0.25, -0.2) is 0 Å². The first-order chi connectivity index (χ1) is 15.8. The summed E-state index contributed by atoms with van der Waals surface area (Å²) in [6.07, 6.45) is 1.69. The molecule has 0 spiro atoms. The Labute approximate surface area is 210 Å². The summed E-state index contributed by atoms with van der Waals surface area (Å²) in [5.41, 5.74) is 1.95. The van der Waals surface area contributed by atoms with Crippen LogP contribution in [0, 0.1) is 6.92 Å². The van der Waals surface area contributed by atoms with Crippen molar-refractivity contribution < 1.29 is 9.59 Å². The Hall–Kier alpha value is -2.52. The molecule has 1 heterocycles. The molecule has 2 amide bonds. The molecular weight excluding hydrogens is 505 g/mol. The van der Waals surface area contributed by atoms with Crippen LogP contribution >= 0.6 is 46.6 Å². The van der Waals surface area contributed by atoms with Crippen LogP contribution in [0.15, 0.2) is 54.2 Å². The fourth-order valence-corrected chi connectivity index (χ4v) is 4.14. The number of allylic oxidation sites excluding steroid dienone is 1. The summed E-state index contributed by atoms with van der Waals surface area (Å²) < 4.78 is 1.79. The van der Waals surface area contributed by atoms with E-state index in [4.69, 9.17) is 34.8 Å². The molecule has 0 atom stereocenters. The third-order valence-electron chi connectivity index (χ3n) is 4.49. The van der Waals surface area contributed by atoms with E-state index >= 15 is 0 Å². The fourth-order valence-electron chi connectivity index (χ4n) is 2.85. The third-order valence-corrected chi connectivity index (χ3v) is 6.43. The summed E-state index contributed by atoms with van der Waals surface area (Å²) in [6, 6.07) is 9.90. The Morgan fingerprint density at radius 1 is 1.12 bits per heavy atom. The van der Waals surface area contributed by atoms with Gasteiger partial charge in [0.1, 0.15) is 0 Å². The van der Waals surface area contributed by atoms with Gasteiger partial charge >= 0.3 is 0 Å². The molecule has 33 heavy (non-hydrogen) atoms. The standard InChI is InChI=1S/C22H20Cl3N5O2S/c1-3-8-30-19(11-26-21(32)14-4-6-16(24)17(25)10-14)28-29-22(30)33-12-20(31)27-18-7-5-15(23)9-13(18)2/h3-7,9-10H,1,8,11-12H2,2H3,(H,26,32)(H,27,31). The lowest BCUT2D eigenvalue weighted by Crippen LogP contribution is -2.25. The van der Waals surface area contributed by atoms with Crippen molar-refractivity contribution in [3.63, 3.8) is 0 Å². The average Bonchev–Trinajstić information content (AvgIpc) is 3.16. The molecule has 0 bridgehead atoms. The van der Waals surface area contributed by atoms with Crippen LogP contribution in [0.4, 0.5) is 5.69 Å². The SMILES string of the molecule is C=CCn1c(CNC(=O)c2ccc(Cl)c(Cl)c2)nnc1SCC(=O)Nc1ccc(Cl)cc1C. The fraction of sp³-hybridized carbons (Fsp3) is 0.182. The molecular formula is C22H20Cl3N5O2S. The van der Waals surface area contributed by atoms with Crippen molar-refractivity contribution in [3.05, 3.63) is 81.1 Å². The highest BCUT2D eigenvalue weighted by Gasteiger charge is 2.16. The second kappa shape index (κ2) is 11.6. The van der Waals surface area contributed by atoms with Crippen molar-refractivity contribution in [1.82, 2.24) is 20.1 Å². The van der Waals surface area contributed by atoms with Crippen molar-refractivity contribution in [2.75, 3.05) is 11.1 Å². The number of carbonyl (C=O) groups excluding carboxylic acids is 2. The van der Waals surface area contributed by atoms with E-state index in [2.05, 4.69) is 27.4 Å². The predicted molar refractivity (Wildman–Crippen MR) is 133 cm³/mol. The number of halogens is 3. The maximum atomic E-state index is 12.4. The van der Waals surface area contributed by atoms with Crippen molar-refractivity contribution in [2.45, 2.75) is 25.2 Å². The molecule has 3 rings (SSSR count). The van der Waals surface area contributed by atoms with Crippen LogP contribution < -0.4 is 10.6 Å². The Balaban J connectivity index is 1.62. The van der Waals surface area contributed by atoms with Crippen LogP contribution in [0.25, 0.3) is 0 Å². The molecule has 0 radical (unpaired) electrons. The van der Waals surface area contributed by atoms with Gasteiger partial charge < -0.3 is 15.2 Å². The van der Waals surface area contributed by atoms with Gasteiger partial charge in [-0.15, -0.1) is 16.8 Å². The number of benzene rings is 2. The quantitative estimate of drug-likeness (QED) is 0.289. The first-order valence-electron chi connectivity index (χ1n) is 9.73. The monoisotopic (exact) mass is 523 g/mol. The molecule has 1 aromatic heterocycles. The Morgan fingerprint density at radius 3 is 2.61 bits per heavy atom. The number of rotatable bonds is 9. The van der Waals surface area contributed by atoms with Gasteiger partial charge in [-0.05, 0) is 48.9 Å². The van der Waals surface area contributed by atoms with E-state index in [-0.39, 0.29) is 24.1 Å². The first-order valence-corrected chi connectivity index (χ1v) is 11.9. The molecule has 0 aliphatic carbocycles. The minimum Gasteiger partial charge on any atom is -0.345 e. The van der Waals surface area contributed by atoms with Crippen molar-refractivity contribution in [1.29, 1.82) is 0 Å². The van der Waals surface area contributed by atoms with Crippen LogP contribution in [-0.2, 0) is 17.9 Å². The largest absolute Gasteiger partial charge is 0.345 e. The molecule has 0 fully saturated rings. The van der Waals surface area contributed by atoms with Gasteiger partial charge in [0, 0.05) is 22.8 Å². The van der Waals surface area contributed by atoms with Crippen LogP contribution in [0.1, 0.15) is 21.7 Å². The van der Waals surface area contributed by atoms with Gasteiger partial charge in [0.25, 0.3) is 5.91 Å². The zero-order valence-corrected chi connectivity index (χ0v) is 20.7. The van der Waals surface area contributed by atoms with Crippen molar-refractivity contribution in [2.24, 2.45) is 0 Å². The van der Waals surface area contributed by atoms with Crippen LogP contribution in [0.2, 0.25) is 15.1 Å². The average molecular weight is 525 g/mol. The number of nitrogens with one attached hydrogen (secondary N) is 2. The Morgan fingerprint density at radius 2 is 1.91 bits per heavy atom. The number of hydrogen-bond acceptors (Lipinski definition) is 5. The lowest BCUT2D eigenvalue weighted by atomic mass is 10.2. The van der Waals surface area contributed by atoms with E-state index in [0.29, 0.717) is 43.8 Å². The molecule has 0 unspecified atom stereocenters. The normalized spacial score (nSPS) is 10.7. The number of hydrogen-bond donors (Lipinski definition) is 2. The summed E-state index contributed by atoms with van der Waals surface area (Å²) >= 11 is 19.1. The van der Waals surface area contributed by atoms with Gasteiger partial charge in [-0.2, -0.15) is 0 Å². The summed E-state index contributed by atoms with van der Waals surface area (Å²) in [7, 11) is 0. The molecule has 0 aliphatic rings. The number of aromatic nitrogens is 3. The third kappa shape index (κ3) is 6.74. The highest BCUT2D eigenvalue weighted by Crippen LogP contribution is 2.23. The smallest absolute Gasteiger partial charge is 0.251 e. The minimum absolute atomic E-state index is 0.132. The second-order valence-corrected chi connectivity index (χ2v) is 9.10. The second-order valence-electron chi connectivity index (χ2n) is 6.91. The maximum absolute atomic E-state index is 12.4. The summed E-state index contributed by atoms with van der Waals surface area (Å²) in [4.78, 5) is 24.8. The van der Waals surface area contributed by atoms with Crippen molar-refractivity contribution >= 4 is 64.1 Å². The van der Waals surface area contributed by atoms with E-state index in [1.165, 1.54) is 17.8 Å². The lowest BCUT2D eigenvalue weighted by molar-refractivity contribution is -0.113. The zero-order valence-electron chi connectivity index (χ0n) is 17.6. The summed E-state index contributed by atoms with van der Waals surface area (Å²) in [6.45, 7) is 6.18. The number of thioether (sulfide) groups is 1. The van der Waals surface area contributed by atoms with E-state index in [1.807, 2.05) is 6.92 Å². The van der Waals surface area contributed by atoms with E-state index < -0.39 is 0 Å². The Kier molecular flexibility index (Phi) is 8.80. The lowest BCUT2D eigenvalue weighted by Gasteiger charge is -2.10. The van der Waals surface area contributed by atoms with Gasteiger partial charge in [-0.3, -0.25) is 9.59 Å². The van der Waals surface area contributed by atoms with Crippen molar-refractivity contribution in [3.8, 4) is 0 Å². The molecule has 2 aromatic carbocycles. The number of carbonyl (C=O) groups is 2. The van der Waals surface area contributed by atoms with E-state index in [0.717, 1.165) is 5.56 Å². The van der Waals surface area contributed by atoms with Gasteiger partial charge in [0.2, 0.25) is 5.91 Å². The van der Waals surface area contributed by atoms with E-state index in [9.17, 15) is 9.59 Å². The summed E-state index contributed by atoms with van der Waals surface area (Å²) in [5, 5.41) is 15.8. The molecule has 0 saturated carbocycles. The van der Waals surface area contributed by atoms with Gasteiger partial charge in [-0.1, -0.05) is 52.6 Å². The predicted octanol–water partition coefficient (Wildman–Crippen LogP) is 5.39. The highest BCUT2D eigenvalue weighted by molar-refractivity contribution is 7.99. The molecule has 2 N–H and O–H groups in total. The number of aryl methyl sites for hydroxylation is 1. The summed E-state index contributed by atoms with van der Waals surface area (Å²) in [5.74, 6) is 0.147. The van der Waals surface area contributed by atoms with E-state index in [1.54, 1.807) is 41.0 Å². The molecule has 3 aromatic rings. The first kappa shape index (κ1) is 25.1. The number of anilines is 1. The topological polar surface area (TPSA) is 88.9 Å². The Bertz CT molecular complexity index is 1200. The molecule has 172 valence electrons. The molecule has 7 nitrogen and oxygen atoms in total. The maximum Gasteiger partial charge on any atom is 0.251 e.